The van der Waals surface area contributed by atoms with Crippen LogP contribution in [-0.2, 0) is 6.18 Å². The predicted molar refractivity (Wildman–Crippen MR) is 119 cm³/mol. The number of carbonyl (C=O) groups is 1. The summed E-state index contributed by atoms with van der Waals surface area (Å²) in [7, 11) is 0. The molecule has 1 aromatic heterocycles. The number of benzene rings is 3. The van der Waals surface area contributed by atoms with E-state index in [0.29, 0.717) is 27.7 Å². The highest BCUT2D eigenvalue weighted by Crippen LogP contribution is 2.28. The molecule has 1 amide bonds. The molecular weight excluding hydrogens is 435 g/mol. The second-order valence-electron chi connectivity index (χ2n) is 6.95. The molecule has 1 heterocycles. The van der Waals surface area contributed by atoms with Gasteiger partial charge in [0.25, 0.3) is 11.5 Å². The summed E-state index contributed by atoms with van der Waals surface area (Å²) in [6, 6.07) is 17.7. The fourth-order valence-corrected chi connectivity index (χ4v) is 2.98. The number of amides is 1. The van der Waals surface area contributed by atoms with Crippen molar-refractivity contribution in [3.8, 4) is 0 Å². The number of anilines is 2. The number of hydrogen-bond donors (Lipinski definition) is 3. The van der Waals surface area contributed by atoms with Gasteiger partial charge in [-0.15, -0.1) is 0 Å². The van der Waals surface area contributed by atoms with Gasteiger partial charge in [-0.3, -0.25) is 14.6 Å². The van der Waals surface area contributed by atoms with Crippen LogP contribution >= 0.6 is 0 Å². The quantitative estimate of drug-likeness (QED) is 0.308. The standard InChI is InChI=1S/C23H16F3N5O2/c24-23(25,26)16-9-5-14(6-10-16)13-27-31-20(32)15-7-11-17(12-8-15)28-22-29-19-4-2-1-3-18(19)21(33)30-22/h1-13H,(H,31,32)(H2,28,29,30,33)/b27-13-. The van der Waals surface area contributed by atoms with Crippen molar-refractivity contribution in [2.45, 2.75) is 6.18 Å². The summed E-state index contributed by atoms with van der Waals surface area (Å²) in [5, 5.41) is 7.22. The Morgan fingerprint density at radius 1 is 0.970 bits per heavy atom. The van der Waals surface area contributed by atoms with Crippen LogP contribution in [0.5, 0.6) is 0 Å². The Morgan fingerprint density at radius 3 is 2.36 bits per heavy atom. The Kier molecular flexibility index (Phi) is 5.90. The maximum absolute atomic E-state index is 12.6. The first-order valence-electron chi connectivity index (χ1n) is 9.66. The van der Waals surface area contributed by atoms with Crippen LogP contribution < -0.4 is 16.3 Å². The molecule has 0 aliphatic rings. The number of rotatable bonds is 5. The molecule has 0 saturated carbocycles. The fraction of sp³-hybridized carbons (Fsp3) is 0.0435. The molecule has 4 aromatic rings. The number of carbonyl (C=O) groups excluding carboxylic acids is 1. The third-order valence-corrected chi connectivity index (χ3v) is 4.64. The zero-order chi connectivity index (χ0) is 23.4. The first kappa shape index (κ1) is 21.8. The summed E-state index contributed by atoms with van der Waals surface area (Å²) in [6.07, 6.45) is -3.17. The van der Waals surface area contributed by atoms with Crippen molar-refractivity contribution in [2.24, 2.45) is 5.10 Å². The molecule has 4 rings (SSSR count). The van der Waals surface area contributed by atoms with Crippen LogP contribution in [0.1, 0.15) is 21.5 Å². The van der Waals surface area contributed by atoms with Crippen LogP contribution in [0.15, 0.2) is 82.7 Å². The van der Waals surface area contributed by atoms with E-state index in [0.717, 1.165) is 12.1 Å². The van der Waals surface area contributed by atoms with E-state index in [9.17, 15) is 22.8 Å². The van der Waals surface area contributed by atoms with Crippen molar-refractivity contribution >= 4 is 34.7 Å². The van der Waals surface area contributed by atoms with Gasteiger partial charge in [0.1, 0.15) is 0 Å². The van der Waals surface area contributed by atoms with Crippen LogP contribution in [0.25, 0.3) is 10.9 Å². The number of aromatic nitrogens is 2. The highest BCUT2D eigenvalue weighted by Gasteiger charge is 2.29. The monoisotopic (exact) mass is 451 g/mol. The Hall–Kier alpha value is -4.47. The Balaban J connectivity index is 1.38. The minimum Gasteiger partial charge on any atom is -0.326 e. The zero-order valence-electron chi connectivity index (χ0n) is 16.9. The molecule has 0 aliphatic heterocycles. The Morgan fingerprint density at radius 2 is 1.67 bits per heavy atom. The second kappa shape index (κ2) is 8.95. The molecule has 0 fully saturated rings. The van der Waals surface area contributed by atoms with Gasteiger partial charge in [-0.1, -0.05) is 24.3 Å². The number of para-hydroxylation sites is 1. The number of aromatic amines is 1. The van der Waals surface area contributed by atoms with Gasteiger partial charge in [0.15, 0.2) is 0 Å². The van der Waals surface area contributed by atoms with Gasteiger partial charge in [-0.25, -0.2) is 10.4 Å². The van der Waals surface area contributed by atoms with Crippen LogP contribution in [0.3, 0.4) is 0 Å². The summed E-state index contributed by atoms with van der Waals surface area (Å²) >= 11 is 0. The molecule has 0 radical (unpaired) electrons. The molecule has 0 atom stereocenters. The maximum Gasteiger partial charge on any atom is 0.416 e. The SMILES string of the molecule is O=C(N/N=C\c1ccc(C(F)(F)F)cc1)c1ccc(Nc2nc3ccccc3c(=O)[nH]2)cc1. The summed E-state index contributed by atoms with van der Waals surface area (Å²) in [4.78, 5) is 31.4. The van der Waals surface area contributed by atoms with Crippen molar-refractivity contribution in [2.75, 3.05) is 5.32 Å². The number of nitrogens with zero attached hydrogens (tertiary/aromatic N) is 2. The summed E-state index contributed by atoms with van der Waals surface area (Å²) in [5.41, 5.74) is 3.14. The van der Waals surface area contributed by atoms with E-state index in [1.807, 2.05) is 0 Å². The molecule has 0 bridgehead atoms. The van der Waals surface area contributed by atoms with Gasteiger partial charge < -0.3 is 5.32 Å². The van der Waals surface area contributed by atoms with E-state index >= 15 is 0 Å². The van der Waals surface area contributed by atoms with E-state index in [1.54, 1.807) is 48.5 Å². The average molecular weight is 451 g/mol. The molecule has 0 saturated heterocycles. The van der Waals surface area contributed by atoms with Gasteiger partial charge >= 0.3 is 6.18 Å². The van der Waals surface area contributed by atoms with Crippen molar-refractivity contribution in [3.63, 3.8) is 0 Å². The van der Waals surface area contributed by atoms with E-state index in [2.05, 4.69) is 25.8 Å². The van der Waals surface area contributed by atoms with Gasteiger partial charge in [0.05, 0.1) is 22.7 Å². The lowest BCUT2D eigenvalue weighted by Gasteiger charge is -2.07. The molecule has 166 valence electrons. The van der Waals surface area contributed by atoms with Crippen LogP contribution in [0.2, 0.25) is 0 Å². The van der Waals surface area contributed by atoms with Crippen molar-refractivity contribution in [1.82, 2.24) is 15.4 Å². The summed E-state index contributed by atoms with van der Waals surface area (Å²) in [5.74, 6) is -0.237. The third kappa shape index (κ3) is 5.24. The largest absolute Gasteiger partial charge is 0.416 e. The predicted octanol–water partition coefficient (Wildman–Crippen LogP) is 4.45. The van der Waals surface area contributed by atoms with Gasteiger partial charge in [-0.05, 0) is 54.1 Å². The lowest BCUT2D eigenvalue weighted by molar-refractivity contribution is -0.137. The summed E-state index contributed by atoms with van der Waals surface area (Å²) in [6.45, 7) is 0. The third-order valence-electron chi connectivity index (χ3n) is 4.64. The molecule has 33 heavy (non-hydrogen) atoms. The van der Waals surface area contributed by atoms with E-state index < -0.39 is 17.6 Å². The number of hydrazone groups is 1. The highest BCUT2D eigenvalue weighted by molar-refractivity contribution is 5.95. The number of H-pyrrole nitrogens is 1. The minimum atomic E-state index is -4.41. The van der Waals surface area contributed by atoms with Crippen LogP contribution in [0, 0.1) is 0 Å². The van der Waals surface area contributed by atoms with Crippen LogP contribution in [-0.4, -0.2) is 22.1 Å². The van der Waals surface area contributed by atoms with Gasteiger partial charge in [-0.2, -0.15) is 18.3 Å². The van der Waals surface area contributed by atoms with E-state index in [1.165, 1.54) is 18.3 Å². The smallest absolute Gasteiger partial charge is 0.326 e. The first-order chi connectivity index (χ1) is 15.8. The number of hydrogen-bond acceptors (Lipinski definition) is 5. The second-order valence-corrected chi connectivity index (χ2v) is 6.95. The molecule has 7 nitrogen and oxygen atoms in total. The number of nitrogens with one attached hydrogen (secondary N) is 3. The topological polar surface area (TPSA) is 99.2 Å². The van der Waals surface area contributed by atoms with Crippen molar-refractivity contribution < 1.29 is 18.0 Å². The van der Waals surface area contributed by atoms with E-state index in [-0.39, 0.29) is 11.5 Å². The lowest BCUT2D eigenvalue weighted by atomic mass is 10.1. The Bertz CT molecular complexity index is 1380. The van der Waals surface area contributed by atoms with E-state index in [4.69, 9.17) is 0 Å². The molecule has 3 aromatic carbocycles. The normalized spacial score (nSPS) is 11.6. The zero-order valence-corrected chi connectivity index (χ0v) is 16.9. The molecule has 0 spiro atoms. The number of alkyl halides is 3. The number of fused-ring (bicyclic) bond motifs is 1. The summed E-state index contributed by atoms with van der Waals surface area (Å²) < 4.78 is 37.7. The van der Waals surface area contributed by atoms with Crippen molar-refractivity contribution in [1.29, 1.82) is 0 Å². The minimum absolute atomic E-state index is 0.261. The first-order valence-corrected chi connectivity index (χ1v) is 9.66. The lowest BCUT2D eigenvalue weighted by Crippen LogP contribution is -2.17. The highest BCUT2D eigenvalue weighted by atomic mass is 19.4. The molecule has 0 aliphatic carbocycles. The number of halogens is 3. The molecule has 10 heteroatoms. The van der Waals surface area contributed by atoms with Gasteiger partial charge in [0, 0.05) is 11.3 Å². The molecular formula is C23H16F3N5O2. The average Bonchev–Trinajstić information content (AvgIpc) is 2.79. The Labute approximate surface area is 185 Å². The van der Waals surface area contributed by atoms with Crippen LogP contribution in [0.4, 0.5) is 24.8 Å². The fourth-order valence-electron chi connectivity index (χ4n) is 2.98. The molecule has 0 unspecified atom stereocenters. The van der Waals surface area contributed by atoms with Gasteiger partial charge in [0.2, 0.25) is 5.95 Å². The molecule has 3 N–H and O–H groups in total. The van der Waals surface area contributed by atoms with Crippen molar-refractivity contribution in [3.05, 3.63) is 99.8 Å². The maximum atomic E-state index is 12.6.